The Morgan fingerprint density at radius 3 is 1.87 bits per heavy atom. The summed E-state index contributed by atoms with van der Waals surface area (Å²) in [5, 5.41) is 38.5. The molecule has 3 N–H and O–H groups in total. The standard InChI is InChI=1S/C7H16O8/c1-2-11-13-15-14-12-6-7(3-8,4-9)5-10/h8-10H,2-6H2,1H3. The summed E-state index contributed by atoms with van der Waals surface area (Å²) in [6, 6.07) is 0. The van der Waals surface area contributed by atoms with Gasteiger partial charge in [-0.25, -0.2) is 9.78 Å². The largest absolute Gasteiger partial charge is 0.396 e. The van der Waals surface area contributed by atoms with E-state index in [1.165, 1.54) is 0 Å². The monoisotopic (exact) mass is 228 g/mol. The molecule has 0 rings (SSSR count). The average molecular weight is 228 g/mol. The van der Waals surface area contributed by atoms with Crippen LogP contribution in [0.2, 0.25) is 0 Å². The smallest absolute Gasteiger partial charge is 0.0977 e. The normalized spacial score (nSPS) is 12.0. The van der Waals surface area contributed by atoms with E-state index >= 15 is 0 Å². The fourth-order valence-electron chi connectivity index (χ4n) is 0.535. The van der Waals surface area contributed by atoms with E-state index < -0.39 is 25.2 Å². The number of aliphatic hydroxyl groups excluding tert-OH is 3. The Hall–Kier alpha value is -0.320. The van der Waals surface area contributed by atoms with E-state index in [0.29, 0.717) is 0 Å². The Labute approximate surface area is 86.6 Å². The zero-order chi connectivity index (χ0) is 11.6. The fraction of sp³-hybridized carbons (Fsp3) is 1.00. The molecule has 0 spiro atoms. The number of hydrogen-bond donors (Lipinski definition) is 3. The van der Waals surface area contributed by atoms with Gasteiger partial charge in [0.2, 0.25) is 0 Å². The van der Waals surface area contributed by atoms with Gasteiger partial charge in [-0.3, -0.25) is 0 Å². The molecule has 0 saturated heterocycles. The highest BCUT2D eigenvalue weighted by Crippen LogP contribution is 2.15. The van der Waals surface area contributed by atoms with E-state index in [2.05, 4.69) is 24.9 Å². The van der Waals surface area contributed by atoms with E-state index in [-0.39, 0.29) is 13.2 Å². The molecule has 0 saturated carbocycles. The van der Waals surface area contributed by atoms with Gasteiger partial charge in [-0.05, 0) is 22.0 Å². The lowest BCUT2D eigenvalue weighted by molar-refractivity contribution is -0.709. The summed E-state index contributed by atoms with van der Waals surface area (Å²) in [5.74, 6) is 0. The molecule has 0 atom stereocenters. The molecule has 92 valence electrons. The molecular weight excluding hydrogens is 212 g/mol. The van der Waals surface area contributed by atoms with Crippen molar-refractivity contribution in [1.82, 2.24) is 0 Å². The Balaban J connectivity index is 3.54. The van der Waals surface area contributed by atoms with Crippen molar-refractivity contribution in [3.05, 3.63) is 0 Å². The van der Waals surface area contributed by atoms with Gasteiger partial charge >= 0.3 is 0 Å². The second kappa shape index (κ2) is 8.95. The first-order valence-corrected chi connectivity index (χ1v) is 4.31. The fourth-order valence-corrected chi connectivity index (χ4v) is 0.535. The van der Waals surface area contributed by atoms with Gasteiger partial charge in [0, 0.05) is 0 Å². The predicted molar refractivity (Wildman–Crippen MR) is 44.5 cm³/mol. The molecule has 0 radical (unpaired) electrons. The molecular formula is C7H16O8. The molecule has 0 aliphatic rings. The van der Waals surface area contributed by atoms with Crippen LogP contribution in [0.3, 0.4) is 0 Å². The van der Waals surface area contributed by atoms with Gasteiger partial charge in [0.15, 0.2) is 0 Å². The number of rotatable bonds is 10. The maximum Gasteiger partial charge on any atom is 0.0977 e. The molecule has 0 aromatic carbocycles. The summed E-state index contributed by atoms with van der Waals surface area (Å²) in [7, 11) is 0. The molecule has 8 nitrogen and oxygen atoms in total. The molecule has 0 fully saturated rings. The third-order valence-corrected chi connectivity index (χ3v) is 1.64. The van der Waals surface area contributed by atoms with Gasteiger partial charge in [-0.15, -0.1) is 0 Å². The van der Waals surface area contributed by atoms with Crippen molar-refractivity contribution >= 4 is 0 Å². The lowest BCUT2D eigenvalue weighted by atomic mass is 9.93. The summed E-state index contributed by atoms with van der Waals surface area (Å²) in [4.78, 5) is 8.68. The second-order valence-electron chi connectivity index (χ2n) is 2.85. The van der Waals surface area contributed by atoms with E-state index in [1.807, 2.05) is 0 Å². The van der Waals surface area contributed by atoms with Crippen molar-refractivity contribution in [2.45, 2.75) is 6.92 Å². The van der Waals surface area contributed by atoms with Crippen LogP contribution in [0.15, 0.2) is 0 Å². The van der Waals surface area contributed by atoms with Crippen molar-refractivity contribution in [3.63, 3.8) is 0 Å². The maximum atomic E-state index is 8.86. The molecule has 0 amide bonds. The van der Waals surface area contributed by atoms with Crippen LogP contribution >= 0.6 is 0 Å². The highest BCUT2D eigenvalue weighted by molar-refractivity contribution is 4.75. The highest BCUT2D eigenvalue weighted by atomic mass is 17.8. The molecule has 15 heavy (non-hydrogen) atoms. The molecule has 0 aliphatic carbocycles. The quantitative estimate of drug-likeness (QED) is 0.241. The van der Waals surface area contributed by atoms with Crippen molar-refractivity contribution in [1.29, 1.82) is 0 Å². The van der Waals surface area contributed by atoms with E-state index in [9.17, 15) is 0 Å². The Morgan fingerprint density at radius 1 is 0.867 bits per heavy atom. The summed E-state index contributed by atoms with van der Waals surface area (Å²) in [5.41, 5.74) is -1.19. The third-order valence-electron chi connectivity index (χ3n) is 1.64. The van der Waals surface area contributed by atoms with Gasteiger partial charge in [0.1, 0.15) is 0 Å². The van der Waals surface area contributed by atoms with Gasteiger partial charge in [0.25, 0.3) is 0 Å². The molecule has 8 heteroatoms. The van der Waals surface area contributed by atoms with Crippen molar-refractivity contribution in [2.75, 3.05) is 33.0 Å². The minimum absolute atomic E-state index is 0.261. The van der Waals surface area contributed by atoms with Crippen LogP contribution in [0.4, 0.5) is 0 Å². The first-order valence-electron chi connectivity index (χ1n) is 4.31. The van der Waals surface area contributed by atoms with Crippen molar-refractivity contribution < 1.29 is 40.2 Å². The van der Waals surface area contributed by atoms with E-state index in [4.69, 9.17) is 15.3 Å². The summed E-state index contributed by atoms with van der Waals surface area (Å²) < 4.78 is 0. The second-order valence-corrected chi connectivity index (χ2v) is 2.85. The van der Waals surface area contributed by atoms with Gasteiger partial charge in [-0.1, -0.05) is 0 Å². The van der Waals surface area contributed by atoms with E-state index in [1.54, 1.807) is 6.92 Å². The average Bonchev–Trinajstić information content (AvgIpc) is 2.29. The van der Waals surface area contributed by atoms with Crippen LogP contribution in [-0.4, -0.2) is 48.4 Å². The summed E-state index contributed by atoms with van der Waals surface area (Å²) >= 11 is 0. The number of hydrogen-bond acceptors (Lipinski definition) is 8. The van der Waals surface area contributed by atoms with Gasteiger partial charge in [0.05, 0.1) is 38.4 Å². The van der Waals surface area contributed by atoms with Crippen LogP contribution in [0, 0.1) is 5.41 Å². The molecule has 0 aromatic heterocycles. The number of aliphatic hydroxyl groups is 3. The molecule has 0 unspecified atom stereocenters. The first-order chi connectivity index (χ1) is 7.24. The highest BCUT2D eigenvalue weighted by Gasteiger charge is 2.29. The lowest BCUT2D eigenvalue weighted by Crippen LogP contribution is -2.38. The Bertz CT molecular complexity index is 129. The Morgan fingerprint density at radius 2 is 1.40 bits per heavy atom. The zero-order valence-electron chi connectivity index (χ0n) is 8.42. The zero-order valence-corrected chi connectivity index (χ0v) is 8.42. The van der Waals surface area contributed by atoms with Crippen LogP contribution < -0.4 is 0 Å². The summed E-state index contributed by atoms with van der Waals surface area (Å²) in [6.45, 7) is 0.267. The van der Waals surface area contributed by atoms with Crippen molar-refractivity contribution in [2.24, 2.45) is 5.41 Å². The van der Waals surface area contributed by atoms with Crippen LogP contribution in [0.25, 0.3) is 0 Å². The lowest BCUT2D eigenvalue weighted by Gasteiger charge is -2.25. The molecule has 0 heterocycles. The van der Waals surface area contributed by atoms with Gasteiger partial charge < -0.3 is 15.3 Å². The molecule has 0 aromatic rings. The van der Waals surface area contributed by atoms with Crippen LogP contribution in [-0.2, 0) is 24.9 Å². The van der Waals surface area contributed by atoms with Crippen LogP contribution in [0.5, 0.6) is 0 Å². The minimum atomic E-state index is -1.19. The SMILES string of the molecule is CCOOOOOCC(CO)(CO)CO. The minimum Gasteiger partial charge on any atom is -0.396 e. The summed E-state index contributed by atoms with van der Waals surface area (Å²) in [6.07, 6.45) is 0. The Kier molecular flexibility index (Phi) is 8.76. The maximum absolute atomic E-state index is 8.86. The first kappa shape index (κ1) is 14.7. The van der Waals surface area contributed by atoms with Crippen molar-refractivity contribution in [3.8, 4) is 0 Å². The molecule has 0 aliphatic heterocycles. The van der Waals surface area contributed by atoms with E-state index in [0.717, 1.165) is 0 Å². The third kappa shape index (κ3) is 5.97. The topological polar surface area (TPSA) is 107 Å². The molecule has 0 bridgehead atoms. The van der Waals surface area contributed by atoms with Gasteiger partial charge in [-0.2, -0.15) is 0 Å². The van der Waals surface area contributed by atoms with Crippen LogP contribution in [0.1, 0.15) is 6.92 Å². The predicted octanol–water partition coefficient (Wildman–Crippen LogP) is -1.29.